The van der Waals surface area contributed by atoms with Crippen molar-refractivity contribution in [2.24, 2.45) is 0 Å². The van der Waals surface area contributed by atoms with E-state index in [9.17, 15) is 13.2 Å². The van der Waals surface area contributed by atoms with Crippen LogP contribution >= 0.6 is 11.6 Å². The molecule has 0 saturated carbocycles. The molecule has 0 radical (unpaired) electrons. The first-order valence-corrected chi connectivity index (χ1v) is 11.0. The van der Waals surface area contributed by atoms with Crippen LogP contribution in [0.3, 0.4) is 0 Å². The second kappa shape index (κ2) is 9.69. The quantitative estimate of drug-likeness (QED) is 0.573. The molecule has 0 spiro atoms. The maximum Gasteiger partial charge on any atom is 0.251 e. The molecule has 0 unspecified atom stereocenters. The standard InChI is InChI=1S/C22H21ClN2O3S/c23-20-12-11-19(22(26)24-14-13-17-7-3-1-4-8-17)15-21(20)29(27,28)25-16-18-9-5-2-6-10-18/h1-12,15,25H,13-14,16H2,(H,24,26). The van der Waals surface area contributed by atoms with Crippen molar-refractivity contribution in [1.29, 1.82) is 0 Å². The molecule has 7 heteroatoms. The monoisotopic (exact) mass is 428 g/mol. The second-order valence-electron chi connectivity index (χ2n) is 6.45. The Bertz CT molecular complexity index is 1070. The number of hydrogen-bond acceptors (Lipinski definition) is 3. The highest BCUT2D eigenvalue weighted by molar-refractivity contribution is 7.89. The van der Waals surface area contributed by atoms with Gasteiger partial charge in [-0.2, -0.15) is 0 Å². The zero-order chi connectivity index (χ0) is 20.7. The van der Waals surface area contributed by atoms with E-state index < -0.39 is 10.0 Å². The van der Waals surface area contributed by atoms with Gasteiger partial charge in [0.1, 0.15) is 4.90 Å². The fourth-order valence-corrected chi connectivity index (χ4v) is 4.31. The molecule has 0 aliphatic rings. The number of hydrogen-bond donors (Lipinski definition) is 2. The van der Waals surface area contributed by atoms with Gasteiger partial charge in [0.25, 0.3) is 5.91 Å². The van der Waals surface area contributed by atoms with Crippen LogP contribution < -0.4 is 10.0 Å². The highest BCUT2D eigenvalue weighted by atomic mass is 35.5. The normalized spacial score (nSPS) is 11.2. The number of sulfonamides is 1. The lowest BCUT2D eigenvalue weighted by molar-refractivity contribution is 0.0954. The molecule has 3 aromatic carbocycles. The SMILES string of the molecule is O=C(NCCc1ccccc1)c1ccc(Cl)c(S(=O)(=O)NCc2ccccc2)c1. The Hall–Kier alpha value is -2.67. The van der Waals surface area contributed by atoms with Gasteiger partial charge in [-0.25, -0.2) is 13.1 Å². The van der Waals surface area contributed by atoms with Crippen LogP contribution in [0.5, 0.6) is 0 Å². The van der Waals surface area contributed by atoms with E-state index in [1.165, 1.54) is 18.2 Å². The van der Waals surface area contributed by atoms with Crippen molar-refractivity contribution in [3.05, 3.63) is 101 Å². The topological polar surface area (TPSA) is 75.3 Å². The van der Waals surface area contributed by atoms with E-state index in [0.29, 0.717) is 13.0 Å². The van der Waals surface area contributed by atoms with E-state index in [1.54, 1.807) is 0 Å². The molecule has 0 heterocycles. The van der Waals surface area contributed by atoms with Crippen LogP contribution in [0.2, 0.25) is 5.02 Å². The lowest BCUT2D eigenvalue weighted by Crippen LogP contribution is -2.27. The van der Waals surface area contributed by atoms with Crippen molar-refractivity contribution >= 4 is 27.5 Å². The minimum Gasteiger partial charge on any atom is -0.352 e. The van der Waals surface area contributed by atoms with Crippen LogP contribution in [0.15, 0.2) is 83.8 Å². The maximum absolute atomic E-state index is 12.7. The average molecular weight is 429 g/mol. The minimum atomic E-state index is -3.87. The molecule has 2 N–H and O–H groups in total. The molecule has 29 heavy (non-hydrogen) atoms. The largest absolute Gasteiger partial charge is 0.352 e. The first kappa shape index (κ1) is 21.0. The average Bonchev–Trinajstić information content (AvgIpc) is 2.74. The zero-order valence-corrected chi connectivity index (χ0v) is 17.2. The van der Waals surface area contributed by atoms with E-state index in [-0.39, 0.29) is 27.9 Å². The van der Waals surface area contributed by atoms with Gasteiger partial charge < -0.3 is 5.32 Å². The summed E-state index contributed by atoms with van der Waals surface area (Å²) in [5, 5.41) is 2.87. The molecule has 0 bridgehead atoms. The summed E-state index contributed by atoms with van der Waals surface area (Å²) in [5.41, 5.74) is 2.17. The van der Waals surface area contributed by atoms with E-state index >= 15 is 0 Å². The molecule has 0 aliphatic heterocycles. The smallest absolute Gasteiger partial charge is 0.251 e. The van der Waals surface area contributed by atoms with Gasteiger partial charge in [0.2, 0.25) is 10.0 Å². The van der Waals surface area contributed by atoms with Gasteiger partial charge in [0.05, 0.1) is 5.02 Å². The molecule has 0 aliphatic carbocycles. The summed E-state index contributed by atoms with van der Waals surface area (Å²) in [7, 11) is -3.87. The number of rotatable bonds is 8. The summed E-state index contributed by atoms with van der Waals surface area (Å²) in [4.78, 5) is 12.3. The third kappa shape index (κ3) is 5.90. The Morgan fingerprint density at radius 2 is 1.48 bits per heavy atom. The summed E-state index contributed by atoms with van der Waals surface area (Å²) in [5.74, 6) is -0.350. The molecule has 0 aromatic heterocycles. The molecule has 3 rings (SSSR count). The maximum atomic E-state index is 12.7. The molecule has 3 aromatic rings. The van der Waals surface area contributed by atoms with E-state index in [1.807, 2.05) is 60.7 Å². The summed E-state index contributed by atoms with van der Waals surface area (Å²) in [6, 6.07) is 23.2. The number of nitrogens with one attached hydrogen (secondary N) is 2. The molecule has 1 amide bonds. The van der Waals surface area contributed by atoms with E-state index in [0.717, 1.165) is 11.1 Å². The van der Waals surface area contributed by atoms with Crippen LogP contribution in [-0.4, -0.2) is 20.9 Å². The number of benzene rings is 3. The van der Waals surface area contributed by atoms with Crippen molar-refractivity contribution in [3.63, 3.8) is 0 Å². The Morgan fingerprint density at radius 1 is 0.862 bits per heavy atom. The van der Waals surface area contributed by atoms with Crippen LogP contribution in [0.25, 0.3) is 0 Å². The first-order chi connectivity index (χ1) is 14.0. The Kier molecular flexibility index (Phi) is 7.04. The van der Waals surface area contributed by atoms with Crippen molar-refractivity contribution < 1.29 is 13.2 Å². The van der Waals surface area contributed by atoms with Gasteiger partial charge in [0.15, 0.2) is 0 Å². The van der Waals surface area contributed by atoms with E-state index in [2.05, 4.69) is 10.0 Å². The van der Waals surface area contributed by atoms with Gasteiger partial charge >= 0.3 is 0 Å². The van der Waals surface area contributed by atoms with Gasteiger partial charge in [-0.3, -0.25) is 4.79 Å². The molecule has 150 valence electrons. The summed E-state index contributed by atoms with van der Waals surface area (Å²) >= 11 is 6.10. The third-order valence-electron chi connectivity index (χ3n) is 4.33. The fraction of sp³-hybridized carbons (Fsp3) is 0.136. The third-order valence-corrected chi connectivity index (χ3v) is 6.22. The van der Waals surface area contributed by atoms with Crippen LogP contribution in [0, 0.1) is 0 Å². The Morgan fingerprint density at radius 3 is 2.14 bits per heavy atom. The van der Waals surface area contributed by atoms with Gasteiger partial charge in [-0.1, -0.05) is 72.3 Å². The molecular weight excluding hydrogens is 408 g/mol. The second-order valence-corrected chi connectivity index (χ2v) is 8.59. The molecule has 0 fully saturated rings. The minimum absolute atomic E-state index is 0.0615. The van der Waals surface area contributed by atoms with Crippen LogP contribution in [0.4, 0.5) is 0 Å². The van der Waals surface area contributed by atoms with Crippen molar-refractivity contribution in [2.45, 2.75) is 17.9 Å². The summed E-state index contributed by atoms with van der Waals surface area (Å²) in [6.45, 7) is 0.576. The van der Waals surface area contributed by atoms with Crippen LogP contribution in [-0.2, 0) is 23.0 Å². The lowest BCUT2D eigenvalue weighted by atomic mass is 10.1. The molecule has 0 saturated heterocycles. The van der Waals surface area contributed by atoms with Gasteiger partial charge in [0, 0.05) is 18.7 Å². The number of halogens is 1. The highest BCUT2D eigenvalue weighted by Crippen LogP contribution is 2.23. The molecule has 5 nitrogen and oxygen atoms in total. The zero-order valence-electron chi connectivity index (χ0n) is 15.6. The lowest BCUT2D eigenvalue weighted by Gasteiger charge is -2.11. The highest BCUT2D eigenvalue weighted by Gasteiger charge is 2.20. The Balaban J connectivity index is 1.67. The predicted octanol–water partition coefficient (Wildman–Crippen LogP) is 3.79. The number of amides is 1. The molecular formula is C22H21ClN2O3S. The van der Waals surface area contributed by atoms with Crippen molar-refractivity contribution in [1.82, 2.24) is 10.0 Å². The fourth-order valence-electron chi connectivity index (χ4n) is 2.77. The summed E-state index contributed by atoms with van der Waals surface area (Å²) < 4.78 is 27.9. The first-order valence-electron chi connectivity index (χ1n) is 9.11. The molecule has 0 atom stereocenters. The van der Waals surface area contributed by atoms with Gasteiger partial charge in [-0.15, -0.1) is 0 Å². The van der Waals surface area contributed by atoms with Crippen molar-refractivity contribution in [3.8, 4) is 0 Å². The summed E-state index contributed by atoms with van der Waals surface area (Å²) in [6.07, 6.45) is 0.684. The van der Waals surface area contributed by atoms with E-state index in [4.69, 9.17) is 11.6 Å². The number of carbonyl (C=O) groups is 1. The van der Waals surface area contributed by atoms with Gasteiger partial charge in [-0.05, 0) is 35.7 Å². The van der Waals surface area contributed by atoms with Crippen LogP contribution in [0.1, 0.15) is 21.5 Å². The Labute approximate surface area is 175 Å². The number of carbonyl (C=O) groups excluding carboxylic acids is 1. The predicted molar refractivity (Wildman–Crippen MR) is 114 cm³/mol. The van der Waals surface area contributed by atoms with Crippen molar-refractivity contribution in [2.75, 3.05) is 6.54 Å².